The van der Waals surface area contributed by atoms with Crippen molar-refractivity contribution in [1.29, 1.82) is 0 Å². The maximum atomic E-state index is 12.3. The Kier molecular flexibility index (Phi) is 6.01. The molecule has 1 amide bonds. The highest BCUT2D eigenvalue weighted by Crippen LogP contribution is 2.28. The molecule has 0 atom stereocenters. The number of piperazine rings is 1. The van der Waals surface area contributed by atoms with Crippen molar-refractivity contribution in [3.8, 4) is 5.75 Å². The summed E-state index contributed by atoms with van der Waals surface area (Å²) in [5.41, 5.74) is 4.02. The van der Waals surface area contributed by atoms with Crippen molar-refractivity contribution >= 4 is 17.3 Å². The average Bonchev–Trinajstić information content (AvgIpc) is 2.69. The number of anilines is 2. The highest BCUT2D eigenvalue weighted by molar-refractivity contribution is 6.00. The van der Waals surface area contributed by atoms with E-state index in [1.165, 1.54) is 0 Å². The quantitative estimate of drug-likeness (QED) is 0.821. The van der Waals surface area contributed by atoms with Crippen molar-refractivity contribution in [3.05, 3.63) is 65.9 Å². The number of benzene rings is 2. The number of nitrogens with one attached hydrogen (secondary N) is 1. The standard InChI is InChI=1S/C22H27N3O2/c1-17-8-4-5-9-19(17)23-22(26)16-18(2)24-12-14-25(15-13-24)20-10-6-7-11-21(20)27-3/h4-11,16H,12-15H2,1-3H3,(H,23,26)/b18-16-. The van der Waals surface area contributed by atoms with E-state index >= 15 is 0 Å². The molecule has 5 heteroatoms. The molecule has 0 radical (unpaired) electrons. The predicted molar refractivity (Wildman–Crippen MR) is 110 cm³/mol. The number of carbonyl (C=O) groups is 1. The van der Waals surface area contributed by atoms with Gasteiger partial charge in [0.2, 0.25) is 5.91 Å². The normalized spacial score (nSPS) is 14.9. The predicted octanol–water partition coefficient (Wildman–Crippen LogP) is 3.67. The minimum atomic E-state index is -0.0889. The Balaban J connectivity index is 1.59. The van der Waals surface area contributed by atoms with Crippen molar-refractivity contribution in [2.45, 2.75) is 13.8 Å². The van der Waals surface area contributed by atoms with Crippen LogP contribution >= 0.6 is 0 Å². The zero-order valence-corrected chi connectivity index (χ0v) is 16.2. The first-order valence-corrected chi connectivity index (χ1v) is 9.26. The minimum Gasteiger partial charge on any atom is -0.495 e. The Labute approximate surface area is 161 Å². The Morgan fingerprint density at radius 3 is 2.41 bits per heavy atom. The maximum Gasteiger partial charge on any atom is 0.250 e. The zero-order valence-electron chi connectivity index (χ0n) is 16.2. The molecule has 0 bridgehead atoms. The van der Waals surface area contributed by atoms with Crippen LogP contribution in [0.25, 0.3) is 0 Å². The van der Waals surface area contributed by atoms with Gasteiger partial charge in [-0.2, -0.15) is 0 Å². The van der Waals surface area contributed by atoms with E-state index in [4.69, 9.17) is 4.74 Å². The highest BCUT2D eigenvalue weighted by atomic mass is 16.5. The summed E-state index contributed by atoms with van der Waals surface area (Å²) in [6.07, 6.45) is 1.69. The van der Waals surface area contributed by atoms with Gasteiger partial charge in [0.25, 0.3) is 0 Å². The number of amides is 1. The molecule has 1 fully saturated rings. The zero-order chi connectivity index (χ0) is 19.2. The molecule has 1 heterocycles. The van der Waals surface area contributed by atoms with Gasteiger partial charge in [0, 0.05) is 43.6 Å². The number of aryl methyl sites for hydroxylation is 1. The summed E-state index contributed by atoms with van der Waals surface area (Å²) in [6, 6.07) is 15.9. The van der Waals surface area contributed by atoms with E-state index in [-0.39, 0.29) is 5.91 Å². The lowest BCUT2D eigenvalue weighted by molar-refractivity contribution is -0.112. The van der Waals surface area contributed by atoms with E-state index in [0.717, 1.165) is 54.6 Å². The molecule has 2 aromatic rings. The monoisotopic (exact) mass is 365 g/mol. The Bertz CT molecular complexity index is 824. The van der Waals surface area contributed by atoms with Crippen molar-refractivity contribution in [2.75, 3.05) is 43.5 Å². The third-order valence-electron chi connectivity index (χ3n) is 4.95. The molecule has 5 nitrogen and oxygen atoms in total. The van der Waals surface area contributed by atoms with E-state index in [0.29, 0.717) is 0 Å². The highest BCUT2D eigenvalue weighted by Gasteiger charge is 2.20. The molecule has 1 aliphatic heterocycles. The molecule has 1 saturated heterocycles. The van der Waals surface area contributed by atoms with Gasteiger partial charge in [0.15, 0.2) is 0 Å². The molecule has 1 N–H and O–H groups in total. The summed E-state index contributed by atoms with van der Waals surface area (Å²) in [6.45, 7) is 7.52. The first-order chi connectivity index (χ1) is 13.1. The number of hydrogen-bond donors (Lipinski definition) is 1. The summed E-state index contributed by atoms with van der Waals surface area (Å²) in [4.78, 5) is 16.9. The van der Waals surface area contributed by atoms with Gasteiger partial charge < -0.3 is 19.9 Å². The lowest BCUT2D eigenvalue weighted by atomic mass is 10.2. The molecule has 0 aliphatic carbocycles. The third-order valence-corrected chi connectivity index (χ3v) is 4.95. The molecule has 27 heavy (non-hydrogen) atoms. The summed E-state index contributed by atoms with van der Waals surface area (Å²) in [7, 11) is 1.70. The molecular formula is C22H27N3O2. The SMILES string of the molecule is COc1ccccc1N1CCN(/C(C)=C\C(=O)Nc2ccccc2C)CC1. The smallest absolute Gasteiger partial charge is 0.250 e. The van der Waals surface area contributed by atoms with Crippen LogP contribution in [0.2, 0.25) is 0 Å². The van der Waals surface area contributed by atoms with Crippen LogP contribution < -0.4 is 15.0 Å². The largest absolute Gasteiger partial charge is 0.495 e. The van der Waals surface area contributed by atoms with Crippen LogP contribution in [0.1, 0.15) is 12.5 Å². The van der Waals surface area contributed by atoms with E-state index < -0.39 is 0 Å². The fraction of sp³-hybridized carbons (Fsp3) is 0.318. The Hall–Kier alpha value is -2.95. The average molecular weight is 365 g/mol. The summed E-state index contributed by atoms with van der Waals surface area (Å²) in [5, 5.41) is 2.96. The molecule has 142 valence electrons. The van der Waals surface area contributed by atoms with Crippen LogP contribution in [0.5, 0.6) is 5.75 Å². The van der Waals surface area contributed by atoms with E-state index in [2.05, 4.69) is 21.2 Å². The summed E-state index contributed by atoms with van der Waals surface area (Å²) in [5.74, 6) is 0.810. The van der Waals surface area contributed by atoms with Gasteiger partial charge in [-0.1, -0.05) is 30.3 Å². The second-order valence-corrected chi connectivity index (χ2v) is 6.74. The van der Waals surface area contributed by atoms with Crippen LogP contribution in [-0.2, 0) is 4.79 Å². The van der Waals surface area contributed by atoms with Crippen LogP contribution in [0.4, 0.5) is 11.4 Å². The topological polar surface area (TPSA) is 44.8 Å². The number of para-hydroxylation sites is 3. The molecule has 0 aromatic heterocycles. The van der Waals surface area contributed by atoms with Crippen molar-refractivity contribution in [1.82, 2.24) is 4.90 Å². The van der Waals surface area contributed by atoms with Gasteiger partial charge in [-0.15, -0.1) is 0 Å². The first kappa shape index (κ1) is 18.8. The number of nitrogens with zero attached hydrogens (tertiary/aromatic N) is 2. The summed E-state index contributed by atoms with van der Waals surface area (Å²) >= 11 is 0. The fourth-order valence-electron chi connectivity index (χ4n) is 3.35. The van der Waals surface area contributed by atoms with Crippen LogP contribution in [0, 0.1) is 6.92 Å². The molecule has 2 aromatic carbocycles. The molecule has 1 aliphatic rings. The van der Waals surface area contributed by atoms with Crippen molar-refractivity contribution in [2.24, 2.45) is 0 Å². The van der Waals surface area contributed by atoms with Crippen LogP contribution in [0.15, 0.2) is 60.3 Å². The van der Waals surface area contributed by atoms with Gasteiger partial charge in [-0.05, 0) is 37.6 Å². The Morgan fingerprint density at radius 2 is 1.70 bits per heavy atom. The minimum absolute atomic E-state index is 0.0889. The van der Waals surface area contributed by atoms with E-state index in [9.17, 15) is 4.79 Å². The van der Waals surface area contributed by atoms with Crippen molar-refractivity contribution in [3.63, 3.8) is 0 Å². The molecule has 0 unspecified atom stereocenters. The number of hydrogen-bond acceptors (Lipinski definition) is 4. The van der Waals surface area contributed by atoms with Gasteiger partial charge in [0.1, 0.15) is 5.75 Å². The number of ether oxygens (including phenoxy) is 1. The lowest BCUT2D eigenvalue weighted by Gasteiger charge is -2.38. The van der Waals surface area contributed by atoms with E-state index in [1.807, 2.05) is 56.3 Å². The molecular weight excluding hydrogens is 338 g/mol. The van der Waals surface area contributed by atoms with Gasteiger partial charge in [-0.25, -0.2) is 0 Å². The summed E-state index contributed by atoms with van der Waals surface area (Å²) < 4.78 is 5.47. The van der Waals surface area contributed by atoms with Gasteiger partial charge in [-0.3, -0.25) is 4.79 Å². The Morgan fingerprint density at radius 1 is 1.04 bits per heavy atom. The number of allylic oxidation sites excluding steroid dienone is 1. The number of methoxy groups -OCH3 is 1. The first-order valence-electron chi connectivity index (χ1n) is 9.26. The van der Waals surface area contributed by atoms with Gasteiger partial charge >= 0.3 is 0 Å². The molecule has 0 saturated carbocycles. The van der Waals surface area contributed by atoms with Crippen molar-refractivity contribution < 1.29 is 9.53 Å². The maximum absolute atomic E-state index is 12.3. The lowest BCUT2D eigenvalue weighted by Crippen LogP contribution is -2.45. The molecule has 0 spiro atoms. The van der Waals surface area contributed by atoms with Gasteiger partial charge in [0.05, 0.1) is 12.8 Å². The van der Waals surface area contributed by atoms with Crippen LogP contribution in [0.3, 0.4) is 0 Å². The molecule has 3 rings (SSSR count). The fourth-order valence-corrected chi connectivity index (χ4v) is 3.35. The second-order valence-electron chi connectivity index (χ2n) is 6.74. The van der Waals surface area contributed by atoms with E-state index in [1.54, 1.807) is 13.2 Å². The van der Waals surface area contributed by atoms with Crippen LogP contribution in [-0.4, -0.2) is 44.1 Å². The third kappa shape index (κ3) is 4.61. The second kappa shape index (κ2) is 8.62. The number of rotatable bonds is 5. The number of carbonyl (C=O) groups excluding carboxylic acids is 1.